The lowest BCUT2D eigenvalue weighted by atomic mass is 10.0. The number of hydrogen-bond acceptors (Lipinski definition) is 4. The summed E-state index contributed by atoms with van der Waals surface area (Å²) in [5.41, 5.74) is 2.82. The van der Waals surface area contributed by atoms with Crippen LogP contribution < -0.4 is 15.1 Å². The highest BCUT2D eigenvalue weighted by Gasteiger charge is 2.61. The van der Waals surface area contributed by atoms with E-state index in [2.05, 4.69) is 5.32 Å². The maximum Gasteiger partial charge on any atom is 0.269 e. The molecule has 3 amide bonds. The Hall–Kier alpha value is -3.72. The van der Waals surface area contributed by atoms with E-state index in [1.807, 2.05) is 19.1 Å². The summed E-state index contributed by atoms with van der Waals surface area (Å²) in [6, 6.07) is 17.4. The van der Waals surface area contributed by atoms with E-state index in [1.165, 1.54) is 15.9 Å². The van der Waals surface area contributed by atoms with Gasteiger partial charge in [-0.1, -0.05) is 37.3 Å². The largest absolute Gasteiger partial charge is 0.325 e. The van der Waals surface area contributed by atoms with E-state index in [-0.39, 0.29) is 18.0 Å². The fourth-order valence-electron chi connectivity index (χ4n) is 4.50. The van der Waals surface area contributed by atoms with Gasteiger partial charge in [-0.25, -0.2) is 8.78 Å². The minimum Gasteiger partial charge on any atom is -0.325 e. The molecule has 3 aromatic rings. The molecule has 3 aromatic carbocycles. The first kappa shape index (κ1) is 23.0. The second kappa shape index (κ2) is 8.81. The van der Waals surface area contributed by atoms with E-state index >= 15 is 0 Å². The molecule has 1 fully saturated rings. The number of para-hydroxylation sites is 1. The highest BCUT2D eigenvalue weighted by atomic mass is 32.2. The van der Waals surface area contributed by atoms with Gasteiger partial charge in [-0.05, 0) is 42.3 Å². The minimum absolute atomic E-state index is 0.0249. The first-order valence-electron chi connectivity index (χ1n) is 11.1. The van der Waals surface area contributed by atoms with Gasteiger partial charge in [0.1, 0.15) is 6.54 Å². The van der Waals surface area contributed by atoms with E-state index in [0.29, 0.717) is 16.9 Å². The number of amides is 3. The molecule has 1 N–H and O–H groups in total. The molecule has 2 heterocycles. The summed E-state index contributed by atoms with van der Waals surface area (Å²) in [7, 11) is 0. The molecule has 0 radical (unpaired) electrons. The molecule has 35 heavy (non-hydrogen) atoms. The van der Waals surface area contributed by atoms with Gasteiger partial charge in [0.05, 0.1) is 11.4 Å². The number of thioether (sulfide) groups is 1. The van der Waals surface area contributed by atoms with Crippen LogP contribution in [0.2, 0.25) is 0 Å². The molecule has 1 atom stereocenters. The number of benzene rings is 3. The summed E-state index contributed by atoms with van der Waals surface area (Å²) < 4.78 is 27.7. The van der Waals surface area contributed by atoms with Gasteiger partial charge in [0.2, 0.25) is 16.7 Å². The van der Waals surface area contributed by atoms with E-state index < -0.39 is 34.2 Å². The molecule has 9 heteroatoms. The molecule has 2 aliphatic heterocycles. The number of halogens is 2. The summed E-state index contributed by atoms with van der Waals surface area (Å²) in [4.78, 5) is 40.8. The van der Waals surface area contributed by atoms with E-state index in [9.17, 15) is 23.2 Å². The van der Waals surface area contributed by atoms with Crippen LogP contribution in [0.4, 0.5) is 25.8 Å². The highest BCUT2D eigenvalue weighted by Crippen LogP contribution is 2.55. The Morgan fingerprint density at radius 1 is 1.03 bits per heavy atom. The Balaban J connectivity index is 1.49. The number of carbonyl (C=O) groups is 3. The second-order valence-corrected chi connectivity index (χ2v) is 9.44. The van der Waals surface area contributed by atoms with Crippen molar-refractivity contribution in [3.05, 3.63) is 89.5 Å². The molecule has 0 aromatic heterocycles. The summed E-state index contributed by atoms with van der Waals surface area (Å²) in [5, 5.41) is 2.80. The lowest BCUT2D eigenvalue weighted by Gasteiger charge is -2.33. The number of anilines is 3. The number of nitrogens with one attached hydrogen (secondary N) is 1. The lowest BCUT2D eigenvalue weighted by molar-refractivity contribution is -0.124. The van der Waals surface area contributed by atoms with Crippen molar-refractivity contribution in [1.29, 1.82) is 0 Å². The molecular weight excluding hydrogens is 472 g/mol. The Morgan fingerprint density at radius 2 is 1.77 bits per heavy atom. The highest BCUT2D eigenvalue weighted by molar-refractivity contribution is 8.02. The van der Waals surface area contributed by atoms with Crippen LogP contribution in [0.15, 0.2) is 66.7 Å². The fraction of sp³-hybridized carbons (Fsp3) is 0.192. The molecule has 6 nitrogen and oxygen atoms in total. The summed E-state index contributed by atoms with van der Waals surface area (Å²) in [6.45, 7) is 1.77. The number of carbonyl (C=O) groups excluding carboxylic acids is 3. The van der Waals surface area contributed by atoms with Crippen LogP contribution in [0.1, 0.15) is 18.1 Å². The van der Waals surface area contributed by atoms with Crippen molar-refractivity contribution < 1.29 is 23.2 Å². The fourth-order valence-corrected chi connectivity index (χ4v) is 5.86. The SMILES string of the molecule is CCc1ccc(NC(=O)CN2C(=O)[C@]3(SCC(=O)N3c3ccc(F)c(F)c3)c3ccccc32)cc1. The normalized spacial score (nSPS) is 18.9. The van der Waals surface area contributed by atoms with Gasteiger partial charge in [-0.3, -0.25) is 24.2 Å². The average Bonchev–Trinajstić information content (AvgIpc) is 3.32. The second-order valence-electron chi connectivity index (χ2n) is 8.27. The number of nitrogens with zero attached hydrogens (tertiary/aromatic N) is 2. The van der Waals surface area contributed by atoms with Crippen molar-refractivity contribution in [1.82, 2.24) is 0 Å². The van der Waals surface area contributed by atoms with Crippen LogP contribution in [0.5, 0.6) is 0 Å². The van der Waals surface area contributed by atoms with Crippen LogP contribution >= 0.6 is 11.8 Å². The van der Waals surface area contributed by atoms with Crippen LogP contribution in [-0.2, 0) is 25.7 Å². The van der Waals surface area contributed by atoms with E-state index in [4.69, 9.17) is 0 Å². The van der Waals surface area contributed by atoms with Gasteiger partial charge in [-0.15, -0.1) is 11.8 Å². The Bertz CT molecular complexity index is 1350. The van der Waals surface area contributed by atoms with Crippen LogP contribution in [0.25, 0.3) is 0 Å². The third-order valence-corrected chi connectivity index (χ3v) is 7.56. The molecule has 0 unspecified atom stereocenters. The Morgan fingerprint density at radius 3 is 2.49 bits per heavy atom. The van der Waals surface area contributed by atoms with Gasteiger partial charge < -0.3 is 5.32 Å². The van der Waals surface area contributed by atoms with Crippen molar-refractivity contribution in [3.63, 3.8) is 0 Å². The van der Waals surface area contributed by atoms with Crippen molar-refractivity contribution in [3.8, 4) is 0 Å². The third kappa shape index (κ3) is 3.76. The van der Waals surface area contributed by atoms with Gasteiger partial charge >= 0.3 is 0 Å². The summed E-state index contributed by atoms with van der Waals surface area (Å²) in [5.74, 6) is -3.49. The van der Waals surface area contributed by atoms with Crippen LogP contribution in [0, 0.1) is 11.6 Å². The molecule has 0 aliphatic carbocycles. The van der Waals surface area contributed by atoms with Crippen molar-refractivity contribution in [2.75, 3.05) is 27.4 Å². The predicted molar refractivity (Wildman–Crippen MR) is 131 cm³/mol. The zero-order chi connectivity index (χ0) is 24.7. The summed E-state index contributed by atoms with van der Waals surface area (Å²) >= 11 is 1.10. The maximum absolute atomic E-state index is 14.1. The topological polar surface area (TPSA) is 69.7 Å². The van der Waals surface area contributed by atoms with Gasteiger partial charge in [0.15, 0.2) is 11.6 Å². The first-order valence-corrected chi connectivity index (χ1v) is 12.1. The molecule has 2 aliphatic rings. The smallest absolute Gasteiger partial charge is 0.269 e. The van der Waals surface area contributed by atoms with Gasteiger partial charge in [-0.2, -0.15) is 0 Å². The van der Waals surface area contributed by atoms with E-state index in [1.54, 1.807) is 36.4 Å². The quantitative estimate of drug-likeness (QED) is 0.571. The number of aryl methyl sites for hydroxylation is 1. The zero-order valence-electron chi connectivity index (χ0n) is 18.8. The van der Waals surface area contributed by atoms with Crippen molar-refractivity contribution >= 4 is 46.5 Å². The minimum atomic E-state index is -1.51. The zero-order valence-corrected chi connectivity index (χ0v) is 19.6. The van der Waals surface area contributed by atoms with E-state index in [0.717, 1.165) is 35.9 Å². The van der Waals surface area contributed by atoms with Crippen molar-refractivity contribution in [2.24, 2.45) is 0 Å². The molecule has 178 valence electrons. The van der Waals surface area contributed by atoms with Gasteiger partial charge in [0.25, 0.3) is 5.91 Å². The third-order valence-electron chi connectivity index (χ3n) is 6.17. The Kier molecular flexibility index (Phi) is 5.80. The average molecular weight is 494 g/mol. The standard InChI is InChI=1S/C26H21F2N3O3S/c1-2-16-7-9-17(10-8-16)29-23(32)14-30-22-6-4-3-5-19(22)26(25(30)34)31(24(33)15-35-26)18-11-12-20(27)21(28)13-18/h3-13H,2,14-15H2,1H3,(H,29,32)/t26-/m1/s1. The molecule has 0 bridgehead atoms. The van der Waals surface area contributed by atoms with Crippen LogP contribution in [0.3, 0.4) is 0 Å². The lowest BCUT2D eigenvalue weighted by Crippen LogP contribution is -2.51. The van der Waals surface area contributed by atoms with Crippen LogP contribution in [-0.4, -0.2) is 30.0 Å². The monoisotopic (exact) mass is 493 g/mol. The van der Waals surface area contributed by atoms with Crippen molar-refractivity contribution in [2.45, 2.75) is 18.2 Å². The first-order chi connectivity index (χ1) is 16.8. The molecule has 0 saturated carbocycles. The predicted octanol–water partition coefficient (Wildman–Crippen LogP) is 4.45. The molecule has 1 spiro atoms. The summed E-state index contributed by atoms with van der Waals surface area (Å²) in [6.07, 6.45) is 0.875. The van der Waals surface area contributed by atoms with Gasteiger partial charge in [0, 0.05) is 23.0 Å². The molecule has 5 rings (SSSR count). The molecular formula is C26H21F2N3O3S. The number of rotatable bonds is 5. The molecule has 1 saturated heterocycles. The number of fused-ring (bicyclic) bond motifs is 2. The number of hydrogen-bond donors (Lipinski definition) is 1. The maximum atomic E-state index is 14.1. The Labute approximate surface area is 204 Å².